The van der Waals surface area contributed by atoms with E-state index < -0.39 is 11.2 Å². The third kappa shape index (κ3) is 3.27. The summed E-state index contributed by atoms with van der Waals surface area (Å²) in [5, 5.41) is 10.5. The number of hydrogen-bond acceptors (Lipinski definition) is 5. The molecule has 5 heteroatoms. The van der Waals surface area contributed by atoms with Crippen molar-refractivity contribution >= 4 is 23.1 Å². The van der Waals surface area contributed by atoms with Crippen molar-refractivity contribution in [1.82, 2.24) is 0 Å². The lowest BCUT2D eigenvalue weighted by molar-refractivity contribution is 0.134. The van der Waals surface area contributed by atoms with E-state index >= 15 is 0 Å². The van der Waals surface area contributed by atoms with Gasteiger partial charge in [-0.1, -0.05) is 6.08 Å². The van der Waals surface area contributed by atoms with Crippen LogP contribution in [-0.2, 0) is 0 Å². The number of fused-ring (bicyclic) bond motifs is 2. The lowest BCUT2D eigenvalue weighted by atomic mass is 9.95. The Balaban J connectivity index is 2.49. The summed E-state index contributed by atoms with van der Waals surface area (Å²) in [7, 11) is 1.52. The van der Waals surface area contributed by atoms with Gasteiger partial charge in [-0.05, 0) is 52.8 Å². The molecule has 2 heterocycles. The van der Waals surface area contributed by atoms with Crippen LogP contribution in [0.2, 0.25) is 0 Å². The zero-order valence-electron chi connectivity index (χ0n) is 16.0. The molecule has 0 spiro atoms. The second-order valence-corrected chi connectivity index (χ2v) is 7.64. The van der Waals surface area contributed by atoms with Gasteiger partial charge in [0.2, 0.25) is 0 Å². The summed E-state index contributed by atoms with van der Waals surface area (Å²) in [6, 6.07) is 1.44. The summed E-state index contributed by atoms with van der Waals surface area (Å²) in [6.07, 6.45) is 7.20. The average Bonchev–Trinajstić information content (AvgIpc) is 2.49. The van der Waals surface area contributed by atoms with Gasteiger partial charge >= 0.3 is 0 Å². The molecule has 2 aromatic rings. The fourth-order valence-corrected chi connectivity index (χ4v) is 2.99. The highest BCUT2D eigenvalue weighted by Crippen LogP contribution is 2.45. The predicted molar refractivity (Wildman–Crippen MR) is 103 cm³/mol. The molecule has 0 saturated heterocycles. The van der Waals surface area contributed by atoms with Crippen molar-refractivity contribution in [2.45, 2.75) is 45.8 Å². The van der Waals surface area contributed by atoms with Crippen LogP contribution in [0.1, 0.15) is 44.6 Å². The molecule has 1 aromatic heterocycles. The van der Waals surface area contributed by atoms with Crippen molar-refractivity contribution in [3.63, 3.8) is 0 Å². The van der Waals surface area contributed by atoms with Gasteiger partial charge in [0, 0.05) is 6.07 Å². The van der Waals surface area contributed by atoms with Gasteiger partial charge in [-0.3, -0.25) is 4.79 Å². The van der Waals surface area contributed by atoms with E-state index in [1.165, 1.54) is 13.2 Å². The number of ether oxygens (including phenoxy) is 2. The zero-order valence-corrected chi connectivity index (χ0v) is 16.0. The Morgan fingerprint density at radius 3 is 2.62 bits per heavy atom. The summed E-state index contributed by atoms with van der Waals surface area (Å²) in [5.41, 5.74) is -0.0464. The van der Waals surface area contributed by atoms with E-state index in [0.717, 1.165) is 0 Å². The van der Waals surface area contributed by atoms with Crippen molar-refractivity contribution < 1.29 is 19.0 Å². The first-order valence-corrected chi connectivity index (χ1v) is 8.51. The summed E-state index contributed by atoms with van der Waals surface area (Å²) in [6.45, 7) is 8.96. The molecule has 138 valence electrons. The average molecular weight is 356 g/mol. The molecule has 0 bridgehead atoms. The first kappa shape index (κ1) is 18.3. The van der Waals surface area contributed by atoms with E-state index in [2.05, 4.69) is 0 Å². The molecule has 5 nitrogen and oxygen atoms in total. The maximum atomic E-state index is 12.7. The molecule has 1 aromatic carbocycles. The topological polar surface area (TPSA) is 68.9 Å². The Labute approximate surface area is 152 Å². The predicted octanol–water partition coefficient (Wildman–Crippen LogP) is 4.08. The van der Waals surface area contributed by atoms with Crippen LogP contribution in [0.3, 0.4) is 0 Å². The monoisotopic (exact) mass is 356 g/mol. The highest BCUT2D eigenvalue weighted by Gasteiger charge is 2.30. The van der Waals surface area contributed by atoms with E-state index in [4.69, 9.17) is 13.9 Å². The Kier molecular flexibility index (Phi) is 4.23. The minimum absolute atomic E-state index is 0.181. The third-order valence-electron chi connectivity index (χ3n) is 4.15. The number of benzene rings is 1. The zero-order chi connectivity index (χ0) is 19.3. The molecule has 1 aliphatic rings. The maximum Gasteiger partial charge on any atom is 0.196 e. The fraction of sp³-hybridized carbons (Fsp3) is 0.381. The first-order valence-electron chi connectivity index (χ1n) is 8.51. The molecular weight excluding hydrogens is 332 g/mol. The summed E-state index contributed by atoms with van der Waals surface area (Å²) in [5.74, 6) is 1.49. The van der Waals surface area contributed by atoms with Crippen LogP contribution in [0, 0.1) is 6.92 Å². The van der Waals surface area contributed by atoms with Crippen molar-refractivity contribution in [3.8, 4) is 11.5 Å². The smallest absolute Gasteiger partial charge is 0.196 e. The van der Waals surface area contributed by atoms with Crippen molar-refractivity contribution in [2.24, 2.45) is 0 Å². The largest absolute Gasteiger partial charge is 0.495 e. The van der Waals surface area contributed by atoms with Crippen LogP contribution >= 0.6 is 0 Å². The van der Waals surface area contributed by atoms with Crippen LogP contribution in [0.5, 0.6) is 11.5 Å². The standard InChI is InChI=1S/C21H24O5/c1-12-11-15(22)16-18(24-6)13-8-10-21(4,5)26-17(13)14(19(16)25-12)7-9-20(2,3)23/h7-11,23H,1-6H3. The van der Waals surface area contributed by atoms with E-state index in [1.54, 1.807) is 32.9 Å². The van der Waals surface area contributed by atoms with E-state index in [0.29, 0.717) is 39.4 Å². The van der Waals surface area contributed by atoms with Crippen LogP contribution < -0.4 is 14.9 Å². The molecule has 3 rings (SSSR count). The number of hydrogen-bond donors (Lipinski definition) is 1. The second-order valence-electron chi connectivity index (χ2n) is 7.64. The maximum absolute atomic E-state index is 12.7. The van der Waals surface area contributed by atoms with Gasteiger partial charge < -0.3 is 19.0 Å². The minimum Gasteiger partial charge on any atom is -0.495 e. The number of methoxy groups -OCH3 is 1. The molecule has 0 radical (unpaired) electrons. The van der Waals surface area contributed by atoms with Gasteiger partial charge in [0.15, 0.2) is 11.0 Å². The van der Waals surface area contributed by atoms with Gasteiger partial charge in [-0.25, -0.2) is 0 Å². The van der Waals surface area contributed by atoms with E-state index in [-0.39, 0.29) is 5.43 Å². The highest BCUT2D eigenvalue weighted by atomic mass is 16.5. The Bertz CT molecular complexity index is 984. The van der Waals surface area contributed by atoms with Crippen molar-refractivity contribution in [2.75, 3.05) is 7.11 Å². The third-order valence-corrected chi connectivity index (χ3v) is 4.15. The molecule has 0 saturated carbocycles. The van der Waals surface area contributed by atoms with Crippen LogP contribution in [0.4, 0.5) is 0 Å². The molecule has 0 unspecified atom stereocenters. The second kappa shape index (κ2) is 6.02. The van der Waals surface area contributed by atoms with Gasteiger partial charge in [0.05, 0.1) is 23.8 Å². The molecule has 0 amide bonds. The lowest BCUT2D eigenvalue weighted by Crippen LogP contribution is -2.28. The molecular formula is C21H24O5. The summed E-state index contributed by atoms with van der Waals surface area (Å²) in [4.78, 5) is 12.7. The lowest BCUT2D eigenvalue weighted by Gasteiger charge is -2.30. The Morgan fingerprint density at radius 2 is 2.00 bits per heavy atom. The first-order chi connectivity index (χ1) is 12.0. The number of aryl methyl sites for hydroxylation is 1. The van der Waals surface area contributed by atoms with Crippen LogP contribution in [0.15, 0.2) is 27.4 Å². The quantitative estimate of drug-likeness (QED) is 0.897. The normalized spacial score (nSPS) is 16.0. The van der Waals surface area contributed by atoms with Crippen LogP contribution in [-0.4, -0.2) is 23.4 Å². The van der Waals surface area contributed by atoms with E-state index in [9.17, 15) is 9.90 Å². The van der Waals surface area contributed by atoms with Crippen molar-refractivity contribution in [3.05, 3.63) is 45.3 Å². The highest BCUT2D eigenvalue weighted by molar-refractivity contribution is 5.98. The summed E-state index contributed by atoms with van der Waals surface area (Å²) < 4.78 is 17.6. The number of rotatable bonds is 3. The molecule has 26 heavy (non-hydrogen) atoms. The molecule has 0 atom stereocenters. The van der Waals surface area contributed by atoms with Gasteiger partial charge in [0.25, 0.3) is 0 Å². The SMILES string of the molecule is COc1c2c(c(C=CC(C)(C)O)c3oc(C)cc(=O)c13)OC(C)(C)C=C2. The number of aliphatic hydroxyl groups is 1. The Morgan fingerprint density at radius 1 is 1.31 bits per heavy atom. The molecule has 1 aliphatic heterocycles. The minimum atomic E-state index is -1.02. The Hall–Kier alpha value is -2.53. The van der Waals surface area contributed by atoms with Gasteiger partial charge in [0.1, 0.15) is 28.2 Å². The van der Waals surface area contributed by atoms with Crippen molar-refractivity contribution in [1.29, 1.82) is 0 Å². The van der Waals surface area contributed by atoms with Gasteiger partial charge in [-0.2, -0.15) is 0 Å². The molecule has 0 aliphatic carbocycles. The molecule has 1 N–H and O–H groups in total. The summed E-state index contributed by atoms with van der Waals surface area (Å²) >= 11 is 0. The van der Waals surface area contributed by atoms with Crippen LogP contribution in [0.25, 0.3) is 23.1 Å². The molecule has 0 fully saturated rings. The fourth-order valence-electron chi connectivity index (χ4n) is 2.99. The van der Waals surface area contributed by atoms with Gasteiger partial charge in [-0.15, -0.1) is 0 Å². The van der Waals surface area contributed by atoms with E-state index in [1.807, 2.05) is 26.0 Å².